The highest BCUT2D eigenvalue weighted by Gasteiger charge is 2.17. The van der Waals surface area contributed by atoms with Crippen LogP contribution in [0.1, 0.15) is 13.8 Å². The summed E-state index contributed by atoms with van der Waals surface area (Å²) >= 11 is 5.60. The van der Waals surface area contributed by atoms with Gasteiger partial charge in [0.15, 0.2) is 0 Å². The van der Waals surface area contributed by atoms with Gasteiger partial charge in [-0.25, -0.2) is 12.8 Å². The highest BCUT2D eigenvalue weighted by Crippen LogP contribution is 2.26. The van der Waals surface area contributed by atoms with Crippen molar-refractivity contribution < 1.29 is 17.5 Å². The van der Waals surface area contributed by atoms with Crippen molar-refractivity contribution in [3.05, 3.63) is 24.0 Å². The Morgan fingerprint density at radius 2 is 2.16 bits per heavy atom. The van der Waals surface area contributed by atoms with E-state index in [-0.39, 0.29) is 29.0 Å². The molecule has 1 N–H and O–H groups in total. The highest BCUT2D eigenvalue weighted by atomic mass is 35.5. The van der Waals surface area contributed by atoms with Gasteiger partial charge in [-0.1, -0.05) is 6.92 Å². The molecule has 0 saturated carbocycles. The minimum atomic E-state index is -3.54. The Kier molecular flexibility index (Phi) is 5.87. The van der Waals surface area contributed by atoms with Gasteiger partial charge in [0, 0.05) is 11.9 Å². The van der Waals surface area contributed by atoms with Crippen molar-refractivity contribution in [2.45, 2.75) is 13.8 Å². The first-order valence-corrected chi connectivity index (χ1v) is 8.05. The molecule has 0 aromatic heterocycles. The average molecular weight is 310 g/mol. The summed E-state index contributed by atoms with van der Waals surface area (Å²) in [7, 11) is -3.54. The van der Waals surface area contributed by atoms with Crippen LogP contribution in [0, 0.1) is 11.7 Å². The average Bonchev–Trinajstić information content (AvgIpc) is 2.32. The lowest BCUT2D eigenvalue weighted by Gasteiger charge is -2.14. The number of nitrogens with one attached hydrogen (secondary N) is 1. The maximum Gasteiger partial charge on any atom is 0.233 e. The Hall–Kier alpha value is -1.01. The lowest BCUT2D eigenvalue weighted by Crippen LogP contribution is -2.22. The van der Waals surface area contributed by atoms with Gasteiger partial charge in [0.05, 0.1) is 18.0 Å². The molecule has 0 amide bonds. The first-order chi connectivity index (χ1) is 8.88. The Balaban J connectivity index is 2.92. The Morgan fingerprint density at radius 1 is 1.47 bits per heavy atom. The molecule has 0 aliphatic carbocycles. The maximum absolute atomic E-state index is 13.1. The molecule has 1 aromatic rings. The van der Waals surface area contributed by atoms with Crippen LogP contribution in [-0.4, -0.2) is 26.7 Å². The first-order valence-electron chi connectivity index (χ1n) is 5.86. The zero-order valence-electron chi connectivity index (χ0n) is 10.8. The fourth-order valence-electron chi connectivity index (χ4n) is 1.48. The van der Waals surface area contributed by atoms with E-state index in [0.717, 1.165) is 6.07 Å². The molecule has 0 bridgehead atoms. The lowest BCUT2D eigenvalue weighted by atomic mass is 10.3. The topological polar surface area (TPSA) is 55.4 Å². The van der Waals surface area contributed by atoms with Crippen molar-refractivity contribution in [3.63, 3.8) is 0 Å². The Labute approximate surface area is 118 Å². The van der Waals surface area contributed by atoms with Crippen LogP contribution in [0.5, 0.6) is 5.75 Å². The Bertz CT molecular complexity index is 522. The number of sulfonamides is 1. The van der Waals surface area contributed by atoms with Crippen LogP contribution < -0.4 is 9.46 Å². The smallest absolute Gasteiger partial charge is 0.233 e. The number of anilines is 1. The molecular weight excluding hydrogens is 293 g/mol. The standard InChI is InChI=1S/C12H17ClFNO3S/c1-3-18-12-6-10(14)4-5-11(12)15-19(16,17)8-9(2)7-13/h4-6,9,15H,3,7-8H2,1-2H3. The van der Waals surface area contributed by atoms with Gasteiger partial charge in [-0.05, 0) is 25.0 Å². The van der Waals surface area contributed by atoms with Gasteiger partial charge < -0.3 is 4.74 Å². The van der Waals surface area contributed by atoms with Crippen LogP contribution in [-0.2, 0) is 10.0 Å². The van der Waals surface area contributed by atoms with Gasteiger partial charge in [0.1, 0.15) is 11.6 Å². The molecular formula is C12H17ClFNO3S. The molecule has 1 aromatic carbocycles. The van der Waals surface area contributed by atoms with Crippen molar-refractivity contribution in [2.24, 2.45) is 5.92 Å². The van der Waals surface area contributed by atoms with E-state index in [1.54, 1.807) is 13.8 Å². The predicted octanol–water partition coefficient (Wildman–Crippen LogP) is 2.84. The van der Waals surface area contributed by atoms with Gasteiger partial charge in [-0.2, -0.15) is 0 Å². The summed E-state index contributed by atoms with van der Waals surface area (Å²) in [5.41, 5.74) is 0.227. The van der Waals surface area contributed by atoms with Crippen LogP contribution in [0.3, 0.4) is 0 Å². The molecule has 108 valence electrons. The van der Waals surface area contributed by atoms with Gasteiger partial charge in [0.25, 0.3) is 0 Å². The van der Waals surface area contributed by atoms with Gasteiger partial charge >= 0.3 is 0 Å². The summed E-state index contributed by atoms with van der Waals surface area (Å²) < 4.78 is 44.5. The molecule has 1 unspecified atom stereocenters. The summed E-state index contributed by atoms with van der Waals surface area (Å²) in [6.45, 7) is 3.79. The zero-order chi connectivity index (χ0) is 14.5. The van der Waals surface area contributed by atoms with Crippen LogP contribution in [0.2, 0.25) is 0 Å². The third-order valence-corrected chi connectivity index (χ3v) is 4.34. The predicted molar refractivity (Wildman–Crippen MR) is 74.9 cm³/mol. The summed E-state index contributed by atoms with van der Waals surface area (Å²) in [4.78, 5) is 0. The number of benzene rings is 1. The largest absolute Gasteiger partial charge is 0.492 e. The molecule has 1 rings (SSSR count). The van der Waals surface area contributed by atoms with E-state index >= 15 is 0 Å². The van der Waals surface area contributed by atoms with Gasteiger partial charge in [-0.3, -0.25) is 4.72 Å². The maximum atomic E-state index is 13.1. The molecule has 0 saturated heterocycles. The van der Waals surface area contributed by atoms with Crippen LogP contribution >= 0.6 is 11.6 Å². The van der Waals surface area contributed by atoms with Crippen LogP contribution in [0.25, 0.3) is 0 Å². The summed E-state index contributed by atoms with van der Waals surface area (Å²) in [5, 5.41) is 0. The molecule has 0 aliphatic rings. The van der Waals surface area contributed by atoms with Crippen LogP contribution in [0.4, 0.5) is 10.1 Å². The molecule has 0 fully saturated rings. The second kappa shape index (κ2) is 6.96. The van der Waals surface area contributed by atoms with Gasteiger partial charge in [-0.15, -0.1) is 11.6 Å². The zero-order valence-corrected chi connectivity index (χ0v) is 12.4. The third kappa shape index (κ3) is 5.24. The normalized spacial score (nSPS) is 13.1. The first kappa shape index (κ1) is 16.0. The second-order valence-corrected chi connectivity index (χ2v) is 6.29. The molecule has 0 heterocycles. The van der Waals surface area contributed by atoms with E-state index in [9.17, 15) is 12.8 Å². The molecule has 0 aliphatic heterocycles. The van der Waals surface area contributed by atoms with Crippen molar-refractivity contribution in [1.82, 2.24) is 0 Å². The van der Waals surface area contributed by atoms with E-state index in [2.05, 4.69) is 4.72 Å². The van der Waals surface area contributed by atoms with Crippen molar-refractivity contribution >= 4 is 27.3 Å². The lowest BCUT2D eigenvalue weighted by molar-refractivity contribution is 0.340. The number of hydrogen-bond acceptors (Lipinski definition) is 3. The highest BCUT2D eigenvalue weighted by molar-refractivity contribution is 7.92. The number of halogens is 2. The number of ether oxygens (including phenoxy) is 1. The number of hydrogen-bond donors (Lipinski definition) is 1. The minimum absolute atomic E-state index is 0.0978. The van der Waals surface area contributed by atoms with E-state index in [1.165, 1.54) is 12.1 Å². The fourth-order valence-corrected chi connectivity index (χ4v) is 3.18. The Morgan fingerprint density at radius 3 is 2.74 bits per heavy atom. The van der Waals surface area contributed by atoms with E-state index in [1.807, 2.05) is 0 Å². The van der Waals surface area contributed by atoms with Crippen molar-refractivity contribution in [2.75, 3.05) is 23.0 Å². The molecule has 1 atom stereocenters. The summed E-state index contributed by atoms with van der Waals surface area (Å²) in [6.07, 6.45) is 0. The van der Waals surface area contributed by atoms with E-state index in [4.69, 9.17) is 16.3 Å². The molecule has 19 heavy (non-hydrogen) atoms. The second-order valence-electron chi connectivity index (χ2n) is 4.22. The van der Waals surface area contributed by atoms with Crippen molar-refractivity contribution in [3.8, 4) is 5.75 Å². The van der Waals surface area contributed by atoms with E-state index in [0.29, 0.717) is 6.61 Å². The summed E-state index contributed by atoms with van der Waals surface area (Å²) in [5.74, 6) is -0.331. The third-order valence-electron chi connectivity index (χ3n) is 2.28. The fraction of sp³-hybridized carbons (Fsp3) is 0.500. The number of rotatable bonds is 7. The monoisotopic (exact) mass is 309 g/mol. The van der Waals surface area contributed by atoms with E-state index < -0.39 is 15.8 Å². The molecule has 4 nitrogen and oxygen atoms in total. The quantitative estimate of drug-likeness (QED) is 0.788. The van der Waals surface area contributed by atoms with Gasteiger partial charge in [0.2, 0.25) is 10.0 Å². The molecule has 0 spiro atoms. The van der Waals surface area contributed by atoms with Crippen LogP contribution in [0.15, 0.2) is 18.2 Å². The minimum Gasteiger partial charge on any atom is -0.492 e. The number of alkyl halides is 1. The summed E-state index contributed by atoms with van der Waals surface area (Å²) in [6, 6.07) is 3.65. The SMILES string of the molecule is CCOc1cc(F)ccc1NS(=O)(=O)CC(C)CCl. The molecule has 0 radical (unpaired) electrons. The van der Waals surface area contributed by atoms with Crippen molar-refractivity contribution in [1.29, 1.82) is 0 Å². The molecule has 7 heteroatoms.